The van der Waals surface area contributed by atoms with Crippen molar-refractivity contribution in [3.8, 4) is 0 Å². The minimum Gasteiger partial charge on any atom is -0.292 e. The minimum atomic E-state index is 0.166. The standard InChI is InChI=1S/C13H11NO/c15-12-8-14-7-10-6-5-9-3-1-2-4-11(9)13(10)12/h1,3,5-7H,2,4,8H2. The molecule has 1 aliphatic heterocycles. The van der Waals surface area contributed by atoms with E-state index in [0.29, 0.717) is 6.54 Å². The van der Waals surface area contributed by atoms with Gasteiger partial charge in [-0.3, -0.25) is 9.79 Å². The van der Waals surface area contributed by atoms with Gasteiger partial charge in [-0.2, -0.15) is 0 Å². The summed E-state index contributed by atoms with van der Waals surface area (Å²) in [4.78, 5) is 15.9. The largest absolute Gasteiger partial charge is 0.292 e. The predicted octanol–water partition coefficient (Wildman–Crippen LogP) is 2.26. The smallest absolute Gasteiger partial charge is 0.185 e. The highest BCUT2D eigenvalue weighted by atomic mass is 16.1. The lowest BCUT2D eigenvalue weighted by Crippen LogP contribution is -2.17. The molecule has 1 aromatic rings. The lowest BCUT2D eigenvalue weighted by atomic mass is 9.87. The van der Waals surface area contributed by atoms with Crippen molar-refractivity contribution in [2.45, 2.75) is 12.8 Å². The van der Waals surface area contributed by atoms with Gasteiger partial charge in [-0.15, -0.1) is 0 Å². The first-order valence-electron chi connectivity index (χ1n) is 5.22. The molecule has 2 nitrogen and oxygen atoms in total. The summed E-state index contributed by atoms with van der Waals surface area (Å²) in [5.41, 5.74) is 4.31. The zero-order chi connectivity index (χ0) is 10.3. The van der Waals surface area contributed by atoms with Crippen molar-refractivity contribution < 1.29 is 4.79 Å². The lowest BCUT2D eigenvalue weighted by Gasteiger charge is -2.18. The van der Waals surface area contributed by atoms with Gasteiger partial charge in [-0.25, -0.2) is 0 Å². The molecule has 0 fully saturated rings. The molecule has 15 heavy (non-hydrogen) atoms. The van der Waals surface area contributed by atoms with E-state index in [-0.39, 0.29) is 5.78 Å². The molecule has 0 atom stereocenters. The van der Waals surface area contributed by atoms with Crippen molar-refractivity contribution in [3.63, 3.8) is 0 Å². The summed E-state index contributed by atoms with van der Waals surface area (Å²) in [6.45, 7) is 0.313. The number of fused-ring (bicyclic) bond motifs is 3. The van der Waals surface area contributed by atoms with Crippen molar-refractivity contribution in [2.24, 2.45) is 4.99 Å². The van der Waals surface area contributed by atoms with E-state index in [1.807, 2.05) is 12.3 Å². The van der Waals surface area contributed by atoms with Crippen molar-refractivity contribution in [2.75, 3.05) is 6.54 Å². The molecular weight excluding hydrogens is 186 g/mol. The molecule has 2 aliphatic rings. The number of aliphatic imine (C=N–C) groups is 1. The summed E-state index contributed by atoms with van der Waals surface area (Å²) >= 11 is 0. The van der Waals surface area contributed by atoms with E-state index < -0.39 is 0 Å². The highest BCUT2D eigenvalue weighted by Crippen LogP contribution is 2.26. The van der Waals surface area contributed by atoms with Crippen LogP contribution >= 0.6 is 0 Å². The Morgan fingerprint density at radius 2 is 2.07 bits per heavy atom. The second-order valence-electron chi connectivity index (χ2n) is 3.93. The number of rotatable bonds is 0. The molecule has 0 radical (unpaired) electrons. The van der Waals surface area contributed by atoms with E-state index in [1.165, 1.54) is 11.1 Å². The van der Waals surface area contributed by atoms with E-state index in [1.54, 1.807) is 0 Å². The molecule has 0 saturated carbocycles. The van der Waals surface area contributed by atoms with Gasteiger partial charge in [0.2, 0.25) is 0 Å². The SMILES string of the molecule is O=C1CN=Cc2ccc3c(c21)CCC=C3. The zero-order valence-electron chi connectivity index (χ0n) is 8.36. The first-order valence-corrected chi connectivity index (χ1v) is 5.22. The van der Waals surface area contributed by atoms with Gasteiger partial charge in [0.25, 0.3) is 0 Å². The Bertz CT molecular complexity index is 498. The number of ketones is 1. The number of benzene rings is 1. The normalized spacial score (nSPS) is 17.5. The first kappa shape index (κ1) is 8.60. The minimum absolute atomic E-state index is 0.166. The zero-order valence-corrected chi connectivity index (χ0v) is 8.36. The van der Waals surface area contributed by atoms with E-state index >= 15 is 0 Å². The van der Waals surface area contributed by atoms with Gasteiger partial charge in [-0.05, 0) is 24.0 Å². The molecule has 1 aromatic carbocycles. The summed E-state index contributed by atoms with van der Waals surface area (Å²) in [7, 11) is 0. The van der Waals surface area contributed by atoms with Crippen LogP contribution in [-0.4, -0.2) is 18.5 Å². The molecule has 0 unspecified atom stereocenters. The molecule has 74 valence electrons. The Labute approximate surface area is 88.3 Å². The van der Waals surface area contributed by atoms with Gasteiger partial charge in [0.15, 0.2) is 5.78 Å². The number of hydrogen-bond donors (Lipinski definition) is 0. The third kappa shape index (κ3) is 1.25. The summed E-state index contributed by atoms with van der Waals surface area (Å²) in [6.07, 6.45) is 8.10. The fourth-order valence-corrected chi connectivity index (χ4v) is 2.29. The highest BCUT2D eigenvalue weighted by Gasteiger charge is 2.20. The van der Waals surface area contributed by atoms with Crippen LogP contribution in [-0.2, 0) is 6.42 Å². The molecule has 1 aliphatic carbocycles. The number of carbonyl (C=O) groups is 1. The number of carbonyl (C=O) groups excluding carboxylic acids is 1. The maximum Gasteiger partial charge on any atom is 0.185 e. The lowest BCUT2D eigenvalue weighted by molar-refractivity contribution is 0.0999. The van der Waals surface area contributed by atoms with Crippen LogP contribution in [0.1, 0.15) is 33.5 Å². The monoisotopic (exact) mass is 197 g/mol. The molecule has 0 saturated heterocycles. The Balaban J connectivity index is 2.30. The second-order valence-corrected chi connectivity index (χ2v) is 3.93. The van der Waals surface area contributed by atoms with Crippen molar-refractivity contribution in [1.82, 2.24) is 0 Å². The van der Waals surface area contributed by atoms with Gasteiger partial charge < -0.3 is 0 Å². The second kappa shape index (κ2) is 3.16. The predicted molar refractivity (Wildman–Crippen MR) is 60.6 cm³/mol. The first-order chi connectivity index (χ1) is 7.36. The molecule has 0 bridgehead atoms. The maximum absolute atomic E-state index is 11.8. The summed E-state index contributed by atoms with van der Waals surface area (Å²) in [5, 5.41) is 0. The van der Waals surface area contributed by atoms with E-state index in [2.05, 4.69) is 23.2 Å². The van der Waals surface area contributed by atoms with Gasteiger partial charge in [0.1, 0.15) is 6.54 Å². The van der Waals surface area contributed by atoms with Gasteiger partial charge >= 0.3 is 0 Å². The fourth-order valence-electron chi connectivity index (χ4n) is 2.29. The molecular formula is C13H11NO. The van der Waals surface area contributed by atoms with E-state index in [0.717, 1.165) is 24.0 Å². The van der Waals surface area contributed by atoms with Crippen LogP contribution in [0, 0.1) is 0 Å². The number of nitrogens with zero attached hydrogens (tertiary/aromatic N) is 1. The Kier molecular flexibility index (Phi) is 1.81. The van der Waals surface area contributed by atoms with Crippen molar-refractivity contribution >= 4 is 18.1 Å². The molecule has 0 amide bonds. The molecule has 3 rings (SSSR count). The van der Waals surface area contributed by atoms with Gasteiger partial charge in [0.05, 0.1) is 0 Å². The highest BCUT2D eigenvalue weighted by molar-refractivity contribution is 6.09. The van der Waals surface area contributed by atoms with Crippen LogP contribution in [0.2, 0.25) is 0 Å². The maximum atomic E-state index is 11.8. The Morgan fingerprint density at radius 3 is 3.00 bits per heavy atom. The van der Waals surface area contributed by atoms with E-state index in [9.17, 15) is 4.79 Å². The Hall–Kier alpha value is -1.70. The molecule has 2 heteroatoms. The quantitative estimate of drug-likeness (QED) is 0.627. The third-order valence-corrected chi connectivity index (χ3v) is 2.98. The molecule has 0 N–H and O–H groups in total. The van der Waals surface area contributed by atoms with Gasteiger partial charge in [0, 0.05) is 17.3 Å². The van der Waals surface area contributed by atoms with Crippen LogP contribution in [0.3, 0.4) is 0 Å². The van der Waals surface area contributed by atoms with Crippen LogP contribution in [0.4, 0.5) is 0 Å². The summed E-state index contributed by atoms with van der Waals surface area (Å²) in [6, 6.07) is 4.07. The topological polar surface area (TPSA) is 29.4 Å². The molecule has 1 heterocycles. The van der Waals surface area contributed by atoms with Crippen molar-refractivity contribution in [1.29, 1.82) is 0 Å². The van der Waals surface area contributed by atoms with Crippen LogP contribution in [0.25, 0.3) is 6.08 Å². The van der Waals surface area contributed by atoms with Gasteiger partial charge in [-0.1, -0.05) is 24.3 Å². The number of allylic oxidation sites excluding steroid dienone is 1. The number of Topliss-reactive ketones (excluding diaryl/α,β-unsaturated/α-hetero) is 1. The van der Waals surface area contributed by atoms with Crippen LogP contribution in [0.15, 0.2) is 23.2 Å². The summed E-state index contributed by atoms with van der Waals surface area (Å²) < 4.78 is 0. The molecule has 0 spiro atoms. The van der Waals surface area contributed by atoms with Crippen LogP contribution < -0.4 is 0 Å². The Morgan fingerprint density at radius 1 is 1.20 bits per heavy atom. The van der Waals surface area contributed by atoms with Crippen LogP contribution in [0.5, 0.6) is 0 Å². The van der Waals surface area contributed by atoms with Crippen molar-refractivity contribution in [3.05, 3.63) is 40.5 Å². The average Bonchev–Trinajstić information content (AvgIpc) is 2.29. The summed E-state index contributed by atoms with van der Waals surface area (Å²) in [5.74, 6) is 0.166. The third-order valence-electron chi connectivity index (χ3n) is 2.98. The van der Waals surface area contributed by atoms with E-state index in [4.69, 9.17) is 0 Å². The molecule has 0 aromatic heterocycles. The average molecular weight is 197 g/mol. The fraction of sp³-hybridized carbons (Fsp3) is 0.231. The number of hydrogen-bond acceptors (Lipinski definition) is 2.